The van der Waals surface area contributed by atoms with Crippen LogP contribution in [0.15, 0.2) is 36.5 Å². The Labute approximate surface area is 238 Å². The average Bonchev–Trinajstić information content (AvgIpc) is 3.62. The molecule has 9 nitrogen and oxygen atoms in total. The van der Waals surface area contributed by atoms with Crippen molar-refractivity contribution in [2.75, 3.05) is 5.32 Å². The van der Waals surface area contributed by atoms with Crippen molar-refractivity contribution >= 4 is 62.3 Å². The third-order valence-electron chi connectivity index (χ3n) is 6.15. The number of pyridine rings is 1. The molecule has 0 radical (unpaired) electrons. The first kappa shape index (κ1) is 27.6. The summed E-state index contributed by atoms with van der Waals surface area (Å²) in [4.78, 5) is 29.1. The molecule has 206 valence electrons. The van der Waals surface area contributed by atoms with Gasteiger partial charge in [-0.25, -0.2) is 4.98 Å². The highest BCUT2D eigenvalue weighted by molar-refractivity contribution is 7.21. The number of aromatic amines is 1. The summed E-state index contributed by atoms with van der Waals surface area (Å²) in [5.74, 6) is -1.66. The number of carbonyl (C=O) groups is 2. The third-order valence-corrected chi connectivity index (χ3v) is 7.98. The molecule has 0 aliphatic rings. The molecule has 2 amide bonds. The van der Waals surface area contributed by atoms with E-state index in [2.05, 4.69) is 25.6 Å². The zero-order valence-electron chi connectivity index (χ0n) is 20.7. The molecule has 40 heavy (non-hydrogen) atoms. The van der Waals surface area contributed by atoms with Gasteiger partial charge in [-0.05, 0) is 43.7 Å². The minimum Gasteiger partial charge on any atom is -0.365 e. The van der Waals surface area contributed by atoms with E-state index < -0.39 is 23.7 Å². The number of fused-ring (bicyclic) bond motifs is 1. The van der Waals surface area contributed by atoms with Gasteiger partial charge in [0.25, 0.3) is 11.8 Å². The highest BCUT2D eigenvalue weighted by atomic mass is 35.5. The molecule has 0 saturated carbocycles. The SMILES string of the molecule is CCn1ncc(-c2cc(C(F)(F)F)nc3sc(C(N)=O)c(NC(=O)c4cc(-c5ccc(Cl)c(Cl)c5)n[nH]4)c23)c1C. The van der Waals surface area contributed by atoms with E-state index in [0.717, 1.165) is 6.07 Å². The number of amides is 2. The van der Waals surface area contributed by atoms with Crippen molar-refractivity contribution in [3.63, 3.8) is 0 Å². The maximum absolute atomic E-state index is 13.8. The second kappa shape index (κ2) is 10.2. The second-order valence-corrected chi connectivity index (χ2v) is 10.4. The van der Waals surface area contributed by atoms with E-state index in [-0.39, 0.29) is 32.0 Å². The van der Waals surface area contributed by atoms with Crippen LogP contribution < -0.4 is 11.1 Å². The van der Waals surface area contributed by atoms with Crippen LogP contribution >= 0.6 is 34.5 Å². The minimum atomic E-state index is -4.77. The van der Waals surface area contributed by atoms with Crippen LogP contribution in [0.4, 0.5) is 18.9 Å². The molecule has 0 spiro atoms. The third kappa shape index (κ3) is 4.91. The molecule has 0 unspecified atom stereocenters. The molecule has 4 aromatic heterocycles. The number of halogens is 5. The fourth-order valence-electron chi connectivity index (χ4n) is 4.20. The highest BCUT2D eigenvalue weighted by Gasteiger charge is 2.35. The molecule has 15 heteroatoms. The number of hydrogen-bond donors (Lipinski definition) is 3. The largest absolute Gasteiger partial charge is 0.433 e. The average molecular weight is 608 g/mol. The van der Waals surface area contributed by atoms with Crippen molar-refractivity contribution in [2.24, 2.45) is 5.73 Å². The van der Waals surface area contributed by atoms with Crippen molar-refractivity contribution < 1.29 is 22.8 Å². The molecule has 5 rings (SSSR count). The number of aryl methyl sites for hydroxylation is 1. The highest BCUT2D eigenvalue weighted by Crippen LogP contribution is 2.44. The van der Waals surface area contributed by atoms with Gasteiger partial charge in [-0.3, -0.25) is 19.4 Å². The van der Waals surface area contributed by atoms with E-state index in [9.17, 15) is 22.8 Å². The van der Waals surface area contributed by atoms with Gasteiger partial charge in [0.15, 0.2) is 0 Å². The summed E-state index contributed by atoms with van der Waals surface area (Å²) in [6, 6.07) is 7.14. The van der Waals surface area contributed by atoms with Gasteiger partial charge in [-0.2, -0.15) is 23.4 Å². The fraction of sp³-hybridized carbons (Fsp3) is 0.160. The Kier molecular flexibility index (Phi) is 7.06. The van der Waals surface area contributed by atoms with Gasteiger partial charge in [0.05, 0.1) is 27.6 Å². The number of aromatic nitrogens is 5. The Morgan fingerprint density at radius 3 is 2.52 bits per heavy atom. The first-order valence-electron chi connectivity index (χ1n) is 11.6. The fourth-order valence-corrected chi connectivity index (χ4v) is 5.51. The predicted octanol–water partition coefficient (Wildman–Crippen LogP) is 6.56. The molecule has 0 atom stereocenters. The summed E-state index contributed by atoms with van der Waals surface area (Å²) in [5.41, 5.74) is 6.39. The number of benzene rings is 1. The molecule has 4 heterocycles. The van der Waals surface area contributed by atoms with E-state index in [0.29, 0.717) is 50.4 Å². The van der Waals surface area contributed by atoms with Crippen LogP contribution in [0.3, 0.4) is 0 Å². The summed E-state index contributed by atoms with van der Waals surface area (Å²) in [6.45, 7) is 4.03. The Bertz CT molecular complexity index is 1810. The lowest BCUT2D eigenvalue weighted by Crippen LogP contribution is -2.17. The lowest BCUT2D eigenvalue weighted by atomic mass is 10.0. The smallest absolute Gasteiger partial charge is 0.365 e. The van der Waals surface area contributed by atoms with Gasteiger partial charge in [-0.1, -0.05) is 29.3 Å². The molecule has 0 saturated heterocycles. The minimum absolute atomic E-state index is 0.00671. The number of hydrogen-bond acceptors (Lipinski definition) is 6. The van der Waals surface area contributed by atoms with Crippen molar-refractivity contribution in [1.82, 2.24) is 25.0 Å². The number of thiophene rings is 1. The zero-order chi connectivity index (χ0) is 28.9. The number of primary amides is 1. The Morgan fingerprint density at radius 2 is 1.90 bits per heavy atom. The lowest BCUT2D eigenvalue weighted by Gasteiger charge is -2.12. The van der Waals surface area contributed by atoms with Crippen LogP contribution in [0.2, 0.25) is 10.0 Å². The van der Waals surface area contributed by atoms with Gasteiger partial charge in [0.2, 0.25) is 0 Å². The first-order chi connectivity index (χ1) is 18.9. The number of nitrogens with two attached hydrogens (primary N) is 1. The van der Waals surface area contributed by atoms with Crippen LogP contribution in [0, 0.1) is 6.92 Å². The van der Waals surface area contributed by atoms with Crippen LogP contribution in [0.1, 0.15) is 38.5 Å². The number of nitrogens with one attached hydrogen (secondary N) is 2. The van der Waals surface area contributed by atoms with Crippen molar-refractivity contribution in [3.05, 3.63) is 68.5 Å². The van der Waals surface area contributed by atoms with Crippen LogP contribution in [0.25, 0.3) is 32.6 Å². The summed E-state index contributed by atoms with van der Waals surface area (Å²) in [7, 11) is 0. The molecule has 4 N–H and O–H groups in total. The topological polar surface area (TPSA) is 132 Å². The van der Waals surface area contributed by atoms with Crippen molar-refractivity contribution in [3.8, 4) is 22.4 Å². The number of carbonyl (C=O) groups excluding carboxylic acids is 2. The molecule has 0 bridgehead atoms. The van der Waals surface area contributed by atoms with Gasteiger partial charge < -0.3 is 11.1 Å². The maximum Gasteiger partial charge on any atom is 0.433 e. The second-order valence-electron chi connectivity index (χ2n) is 8.61. The van der Waals surface area contributed by atoms with E-state index in [4.69, 9.17) is 28.9 Å². The number of alkyl halides is 3. The standard InChI is InChI=1S/C25H18Cl2F3N7O2S/c1-3-37-10(2)13(9-32-37)12-7-18(25(28,29)30)33-24-19(12)20(21(40-24)22(31)38)34-23(39)17-8-16(35-36-17)11-4-5-14(26)15(27)6-11/h4-9H,3H2,1-2H3,(H2,31,38)(H,34,39)(H,35,36). The Balaban J connectivity index is 1.65. The van der Waals surface area contributed by atoms with Gasteiger partial charge in [-0.15, -0.1) is 11.3 Å². The maximum atomic E-state index is 13.8. The molecular formula is C25H18Cl2F3N7O2S. The van der Waals surface area contributed by atoms with Crippen molar-refractivity contribution in [2.45, 2.75) is 26.6 Å². The number of rotatable bonds is 6. The van der Waals surface area contributed by atoms with E-state index in [1.807, 2.05) is 6.92 Å². The van der Waals surface area contributed by atoms with Crippen LogP contribution in [-0.2, 0) is 12.7 Å². The molecular weight excluding hydrogens is 590 g/mol. The van der Waals surface area contributed by atoms with Gasteiger partial charge in [0.1, 0.15) is 21.1 Å². The quantitative estimate of drug-likeness (QED) is 0.201. The van der Waals surface area contributed by atoms with E-state index in [1.54, 1.807) is 29.8 Å². The predicted molar refractivity (Wildman–Crippen MR) is 147 cm³/mol. The van der Waals surface area contributed by atoms with E-state index in [1.165, 1.54) is 12.3 Å². The summed E-state index contributed by atoms with van der Waals surface area (Å²) < 4.78 is 43.0. The number of H-pyrrole nitrogens is 1. The number of nitrogens with zero attached hydrogens (tertiary/aromatic N) is 4. The molecule has 0 aliphatic carbocycles. The molecule has 1 aromatic carbocycles. The Hall–Kier alpha value is -3.94. The summed E-state index contributed by atoms with van der Waals surface area (Å²) in [5, 5.41) is 14.4. The molecule has 5 aromatic rings. The van der Waals surface area contributed by atoms with Crippen LogP contribution in [-0.4, -0.2) is 36.8 Å². The van der Waals surface area contributed by atoms with E-state index >= 15 is 0 Å². The van der Waals surface area contributed by atoms with Crippen molar-refractivity contribution in [1.29, 1.82) is 0 Å². The Morgan fingerprint density at radius 1 is 1.15 bits per heavy atom. The van der Waals surface area contributed by atoms with Crippen LogP contribution in [0.5, 0.6) is 0 Å². The lowest BCUT2D eigenvalue weighted by molar-refractivity contribution is -0.140. The zero-order valence-corrected chi connectivity index (χ0v) is 23.0. The molecule has 0 aliphatic heterocycles. The van der Waals surface area contributed by atoms with Gasteiger partial charge >= 0.3 is 6.18 Å². The number of anilines is 1. The molecule has 0 fully saturated rings. The normalized spacial score (nSPS) is 11.8. The van der Waals surface area contributed by atoms with Gasteiger partial charge in [0, 0.05) is 28.8 Å². The monoisotopic (exact) mass is 607 g/mol. The first-order valence-corrected chi connectivity index (χ1v) is 13.2. The summed E-state index contributed by atoms with van der Waals surface area (Å²) >= 11 is 12.7. The summed E-state index contributed by atoms with van der Waals surface area (Å²) in [6.07, 6.45) is -3.34.